The number of benzene rings is 3. The van der Waals surface area contributed by atoms with Crippen molar-refractivity contribution >= 4 is 29.4 Å². The summed E-state index contributed by atoms with van der Waals surface area (Å²) < 4.78 is 5.36. The van der Waals surface area contributed by atoms with E-state index in [1.54, 1.807) is 12.0 Å². The topological polar surface area (TPSA) is 139 Å². The van der Waals surface area contributed by atoms with Crippen LogP contribution in [-0.4, -0.2) is 51.5 Å². The molecule has 0 fully saturated rings. The normalized spacial score (nSPS) is 15.2. The molecule has 1 aliphatic rings. The maximum absolute atomic E-state index is 13.5. The van der Waals surface area contributed by atoms with Gasteiger partial charge >= 0.3 is 6.03 Å². The zero-order chi connectivity index (χ0) is 25.1. The lowest BCUT2D eigenvalue weighted by Crippen LogP contribution is -2.50. The third-order valence-electron chi connectivity index (χ3n) is 5.86. The zero-order valence-electron chi connectivity index (χ0n) is 19.3. The van der Waals surface area contributed by atoms with Crippen LogP contribution in [0.3, 0.4) is 0 Å². The van der Waals surface area contributed by atoms with Gasteiger partial charge in [0, 0.05) is 16.2 Å². The predicted octanol–water partition coefficient (Wildman–Crippen LogP) is 3.22. The third-order valence-corrected chi connectivity index (χ3v) is 7.00. The molecule has 3 aromatic carbocycles. The molecule has 0 aliphatic carbocycles. The van der Waals surface area contributed by atoms with Gasteiger partial charge in [-0.25, -0.2) is 4.79 Å². The summed E-state index contributed by atoms with van der Waals surface area (Å²) in [5.41, 5.74) is 9.83. The number of nitrogens with one attached hydrogen (secondary N) is 2. The number of thioether (sulfide) groups is 1. The van der Waals surface area contributed by atoms with Crippen molar-refractivity contribution in [3.05, 3.63) is 72.3 Å². The number of nitrogens with two attached hydrogens (primary N) is 1. The molecule has 36 heavy (non-hydrogen) atoms. The molecule has 5 rings (SSSR count). The molecule has 1 aromatic heterocycles. The van der Waals surface area contributed by atoms with Crippen LogP contribution in [0.15, 0.2) is 71.6 Å². The number of anilines is 1. The number of H-pyrrole nitrogens is 1. The van der Waals surface area contributed by atoms with Crippen LogP contribution in [0.25, 0.3) is 22.5 Å². The number of carbonyl (C=O) groups excluding carboxylic acids is 2. The lowest BCUT2D eigenvalue weighted by Gasteiger charge is -2.26. The van der Waals surface area contributed by atoms with Gasteiger partial charge < -0.3 is 20.7 Å². The van der Waals surface area contributed by atoms with E-state index in [1.165, 1.54) is 11.8 Å². The Morgan fingerprint density at radius 2 is 1.94 bits per heavy atom. The van der Waals surface area contributed by atoms with E-state index in [4.69, 9.17) is 10.5 Å². The van der Waals surface area contributed by atoms with Gasteiger partial charge in [0.05, 0.1) is 19.3 Å². The number of primary amides is 1. The van der Waals surface area contributed by atoms with Gasteiger partial charge in [-0.05, 0) is 40.1 Å². The molecule has 4 N–H and O–H groups in total. The second-order valence-corrected chi connectivity index (χ2v) is 9.17. The Morgan fingerprint density at radius 1 is 1.17 bits per heavy atom. The Kier molecular flexibility index (Phi) is 6.54. The van der Waals surface area contributed by atoms with Gasteiger partial charge in [-0.15, -0.1) is 22.0 Å². The van der Waals surface area contributed by atoms with Gasteiger partial charge in [-0.2, -0.15) is 5.21 Å². The lowest BCUT2D eigenvalue weighted by molar-refractivity contribution is -0.120. The van der Waals surface area contributed by atoms with Gasteiger partial charge in [0.15, 0.2) is 0 Å². The van der Waals surface area contributed by atoms with E-state index in [0.717, 1.165) is 32.8 Å². The van der Waals surface area contributed by atoms with E-state index in [0.29, 0.717) is 23.9 Å². The first-order valence-corrected chi connectivity index (χ1v) is 12.1. The second kappa shape index (κ2) is 10.1. The minimum atomic E-state index is -0.744. The number of urea groups is 1. The van der Waals surface area contributed by atoms with Gasteiger partial charge in [-0.3, -0.25) is 4.79 Å². The van der Waals surface area contributed by atoms with Crippen LogP contribution in [0.1, 0.15) is 5.56 Å². The molecule has 10 nitrogen and oxygen atoms in total. The Bertz CT molecular complexity index is 1390. The van der Waals surface area contributed by atoms with Crippen molar-refractivity contribution in [2.24, 2.45) is 5.73 Å². The first-order valence-electron chi connectivity index (χ1n) is 11.1. The van der Waals surface area contributed by atoms with E-state index in [1.807, 2.05) is 66.7 Å². The highest BCUT2D eigenvalue weighted by molar-refractivity contribution is 7.99. The maximum Gasteiger partial charge on any atom is 0.312 e. The van der Waals surface area contributed by atoms with E-state index in [9.17, 15) is 9.59 Å². The second-order valence-electron chi connectivity index (χ2n) is 8.11. The average molecular weight is 502 g/mol. The van der Waals surface area contributed by atoms with Crippen LogP contribution >= 0.6 is 11.8 Å². The highest BCUT2D eigenvalue weighted by Gasteiger charge is 2.32. The Balaban J connectivity index is 1.46. The van der Waals surface area contributed by atoms with E-state index in [2.05, 4.69) is 25.9 Å². The highest BCUT2D eigenvalue weighted by atomic mass is 32.2. The van der Waals surface area contributed by atoms with Crippen LogP contribution < -0.4 is 20.7 Å². The molecule has 0 bridgehead atoms. The quantitative estimate of drug-likeness (QED) is 0.369. The first kappa shape index (κ1) is 23.4. The van der Waals surface area contributed by atoms with Crippen LogP contribution in [0, 0.1) is 0 Å². The summed E-state index contributed by atoms with van der Waals surface area (Å²) in [6.45, 7) is 0.322. The number of methoxy groups -OCH3 is 1. The van der Waals surface area contributed by atoms with E-state index < -0.39 is 12.1 Å². The minimum Gasteiger partial charge on any atom is -0.497 e. The summed E-state index contributed by atoms with van der Waals surface area (Å²) in [5.74, 6) is 1.35. The third kappa shape index (κ3) is 4.73. The Hall–Kier alpha value is -4.38. The molecular weight excluding hydrogens is 478 g/mol. The summed E-state index contributed by atoms with van der Waals surface area (Å²) in [6.07, 6.45) is 0. The number of tetrazole rings is 1. The summed E-state index contributed by atoms with van der Waals surface area (Å²) in [4.78, 5) is 27.6. The fourth-order valence-electron chi connectivity index (χ4n) is 4.13. The molecule has 182 valence electrons. The standard InChI is InChI=1S/C25H23N7O3S/c1-35-17-10-11-21-22(12-17)36-14-20(27-25(26)34)24(33)32(21)13-15-6-8-16(9-7-15)18-4-2-3-5-19(18)23-28-30-31-29-23/h2-12,20H,13-14H2,1H3,(H3,26,27,34)(H,28,29,30,31)/t20-/m1/s1. The molecule has 0 spiro atoms. The summed E-state index contributed by atoms with van der Waals surface area (Å²) >= 11 is 1.47. The highest BCUT2D eigenvalue weighted by Crippen LogP contribution is 2.38. The van der Waals surface area contributed by atoms with Gasteiger partial charge in [0.1, 0.15) is 11.8 Å². The van der Waals surface area contributed by atoms with Crippen molar-refractivity contribution < 1.29 is 14.3 Å². The summed E-state index contributed by atoms with van der Waals surface area (Å²) in [6, 6.07) is 19.9. The molecule has 1 atom stereocenters. The Morgan fingerprint density at radius 3 is 2.64 bits per heavy atom. The zero-order valence-corrected chi connectivity index (χ0v) is 20.2. The number of hydrogen-bond acceptors (Lipinski definition) is 7. The number of amides is 3. The van der Waals surface area contributed by atoms with Crippen molar-refractivity contribution in [2.45, 2.75) is 17.5 Å². The molecule has 0 radical (unpaired) electrons. The minimum absolute atomic E-state index is 0.225. The fourth-order valence-corrected chi connectivity index (χ4v) is 5.23. The van der Waals surface area contributed by atoms with Gasteiger partial charge in [0.25, 0.3) is 5.91 Å². The maximum atomic E-state index is 13.5. The SMILES string of the molecule is COc1ccc2c(c1)SC[C@@H](NC(N)=O)C(=O)N2Cc1ccc(-c2ccccc2-c2nn[nH]n2)cc1. The number of aromatic nitrogens is 4. The molecule has 0 saturated heterocycles. The van der Waals surface area contributed by atoms with Crippen LogP contribution in [0.2, 0.25) is 0 Å². The smallest absolute Gasteiger partial charge is 0.312 e. The molecule has 1 aliphatic heterocycles. The summed E-state index contributed by atoms with van der Waals surface area (Å²) in [7, 11) is 1.60. The average Bonchev–Trinajstić information content (AvgIpc) is 3.41. The largest absolute Gasteiger partial charge is 0.497 e. The van der Waals surface area contributed by atoms with Crippen molar-refractivity contribution in [3.8, 4) is 28.3 Å². The molecule has 4 aromatic rings. The van der Waals surface area contributed by atoms with Crippen molar-refractivity contribution in [1.29, 1.82) is 0 Å². The Labute approximate surface area is 211 Å². The molecule has 0 saturated carbocycles. The number of nitrogens with zero attached hydrogens (tertiary/aromatic N) is 4. The van der Waals surface area contributed by atoms with Crippen molar-refractivity contribution in [3.63, 3.8) is 0 Å². The van der Waals surface area contributed by atoms with E-state index >= 15 is 0 Å². The number of carbonyl (C=O) groups is 2. The number of aromatic amines is 1. The molecular formula is C25H23N7O3S. The van der Waals surface area contributed by atoms with Crippen molar-refractivity contribution in [1.82, 2.24) is 25.9 Å². The monoisotopic (exact) mass is 501 g/mol. The number of rotatable bonds is 6. The molecule has 3 amide bonds. The fraction of sp³-hybridized carbons (Fsp3) is 0.160. The van der Waals surface area contributed by atoms with Crippen LogP contribution in [0.4, 0.5) is 10.5 Å². The number of fused-ring (bicyclic) bond motifs is 1. The first-order chi connectivity index (χ1) is 17.5. The van der Waals surface area contributed by atoms with Crippen molar-refractivity contribution in [2.75, 3.05) is 17.8 Å². The summed E-state index contributed by atoms with van der Waals surface area (Å²) in [5, 5.41) is 16.9. The number of hydrogen-bond donors (Lipinski definition) is 3. The lowest BCUT2D eigenvalue weighted by atomic mass is 9.98. The van der Waals surface area contributed by atoms with Gasteiger partial charge in [0.2, 0.25) is 5.82 Å². The molecule has 11 heteroatoms. The molecule has 2 heterocycles. The predicted molar refractivity (Wildman–Crippen MR) is 136 cm³/mol. The number of ether oxygens (including phenoxy) is 1. The van der Waals surface area contributed by atoms with Crippen LogP contribution in [0.5, 0.6) is 5.75 Å². The van der Waals surface area contributed by atoms with E-state index in [-0.39, 0.29) is 5.91 Å². The molecule has 0 unspecified atom stereocenters. The van der Waals surface area contributed by atoms with Crippen LogP contribution in [-0.2, 0) is 11.3 Å². The van der Waals surface area contributed by atoms with Gasteiger partial charge in [-0.1, -0.05) is 48.5 Å².